The SMILES string of the molecule is C[C@H](NC(=O)NC(C)(C)C)[C@@H]1CCCN(C(=O)c2c[nH]c(C#N)c2)C1. The second-order valence-corrected chi connectivity index (χ2v) is 7.70. The maximum Gasteiger partial charge on any atom is 0.315 e. The molecule has 0 spiro atoms. The third-order valence-electron chi connectivity index (χ3n) is 4.35. The molecule has 1 aliphatic rings. The molecule has 1 fully saturated rings. The van der Waals surface area contributed by atoms with E-state index in [1.165, 1.54) is 0 Å². The predicted octanol–water partition coefficient (Wildman–Crippen LogP) is 2.22. The zero-order chi connectivity index (χ0) is 18.6. The first-order valence-electron chi connectivity index (χ1n) is 8.66. The van der Waals surface area contributed by atoms with Crippen molar-refractivity contribution in [3.05, 3.63) is 23.5 Å². The van der Waals surface area contributed by atoms with Gasteiger partial charge in [0.05, 0.1) is 5.56 Å². The van der Waals surface area contributed by atoms with Crippen molar-refractivity contribution in [1.82, 2.24) is 20.5 Å². The molecule has 0 bridgehead atoms. The number of carbonyl (C=O) groups is 2. The largest absolute Gasteiger partial charge is 0.352 e. The minimum absolute atomic E-state index is 0.0288. The summed E-state index contributed by atoms with van der Waals surface area (Å²) in [5.41, 5.74) is 0.597. The number of likely N-dealkylation sites (tertiary alicyclic amines) is 1. The van der Waals surface area contributed by atoms with Crippen LogP contribution in [0.15, 0.2) is 12.3 Å². The lowest BCUT2D eigenvalue weighted by atomic mass is 9.91. The van der Waals surface area contributed by atoms with Crippen molar-refractivity contribution < 1.29 is 9.59 Å². The van der Waals surface area contributed by atoms with Crippen LogP contribution in [0.4, 0.5) is 4.79 Å². The zero-order valence-corrected chi connectivity index (χ0v) is 15.3. The molecule has 2 rings (SSSR count). The van der Waals surface area contributed by atoms with E-state index in [1.807, 2.05) is 33.8 Å². The number of nitrogens with zero attached hydrogens (tertiary/aromatic N) is 2. The van der Waals surface area contributed by atoms with Gasteiger partial charge in [-0.25, -0.2) is 4.79 Å². The molecule has 2 heterocycles. The molecule has 1 saturated heterocycles. The molecule has 7 heteroatoms. The summed E-state index contributed by atoms with van der Waals surface area (Å²) in [5, 5.41) is 14.7. The van der Waals surface area contributed by atoms with Crippen LogP contribution < -0.4 is 10.6 Å². The highest BCUT2D eigenvalue weighted by molar-refractivity contribution is 5.94. The van der Waals surface area contributed by atoms with E-state index in [0.29, 0.717) is 24.3 Å². The molecule has 2 atom stereocenters. The Balaban J connectivity index is 1.94. The Bertz CT molecular complexity index is 668. The highest BCUT2D eigenvalue weighted by Crippen LogP contribution is 2.21. The van der Waals surface area contributed by atoms with Crippen molar-refractivity contribution in [2.45, 2.75) is 52.1 Å². The van der Waals surface area contributed by atoms with Gasteiger partial charge in [0.15, 0.2) is 0 Å². The van der Waals surface area contributed by atoms with Gasteiger partial charge >= 0.3 is 6.03 Å². The molecule has 136 valence electrons. The molecule has 0 unspecified atom stereocenters. The fourth-order valence-electron chi connectivity index (χ4n) is 3.07. The third kappa shape index (κ3) is 5.24. The van der Waals surface area contributed by atoms with Crippen molar-refractivity contribution in [1.29, 1.82) is 5.26 Å². The van der Waals surface area contributed by atoms with Crippen LogP contribution in [0.2, 0.25) is 0 Å². The number of urea groups is 1. The molecular formula is C18H27N5O2. The van der Waals surface area contributed by atoms with Crippen LogP contribution in [0.1, 0.15) is 56.6 Å². The van der Waals surface area contributed by atoms with E-state index in [9.17, 15) is 9.59 Å². The van der Waals surface area contributed by atoms with E-state index in [0.717, 1.165) is 12.8 Å². The number of hydrogen-bond donors (Lipinski definition) is 3. The average molecular weight is 345 g/mol. The first-order chi connectivity index (χ1) is 11.7. The van der Waals surface area contributed by atoms with Gasteiger partial charge < -0.3 is 20.5 Å². The summed E-state index contributed by atoms with van der Waals surface area (Å²) in [6.07, 6.45) is 3.44. The van der Waals surface area contributed by atoms with Gasteiger partial charge in [-0.3, -0.25) is 4.79 Å². The van der Waals surface area contributed by atoms with Crippen molar-refractivity contribution in [3.63, 3.8) is 0 Å². The van der Waals surface area contributed by atoms with Crippen LogP contribution in [0.3, 0.4) is 0 Å². The number of piperidine rings is 1. The summed E-state index contributed by atoms with van der Waals surface area (Å²) >= 11 is 0. The number of nitrogens with one attached hydrogen (secondary N) is 3. The lowest BCUT2D eigenvalue weighted by molar-refractivity contribution is 0.0654. The first-order valence-corrected chi connectivity index (χ1v) is 8.66. The van der Waals surface area contributed by atoms with E-state index in [2.05, 4.69) is 15.6 Å². The standard InChI is InChI=1S/C18H27N5O2/c1-12(21-17(25)22-18(2,3)4)13-6-5-7-23(11-13)16(24)14-8-15(9-19)20-10-14/h8,10,12-13,20H,5-7,11H2,1-4H3,(H2,21,22,25)/t12-,13+/m0/s1. The minimum Gasteiger partial charge on any atom is -0.352 e. The molecule has 3 N–H and O–H groups in total. The molecule has 0 aromatic carbocycles. The van der Waals surface area contributed by atoms with Gasteiger partial charge in [-0.2, -0.15) is 5.26 Å². The number of aromatic amines is 1. The van der Waals surface area contributed by atoms with E-state index < -0.39 is 0 Å². The number of amides is 3. The summed E-state index contributed by atoms with van der Waals surface area (Å²) in [6.45, 7) is 9.08. The molecule has 1 aromatic heterocycles. The van der Waals surface area contributed by atoms with Gasteiger partial charge in [0.2, 0.25) is 0 Å². The fourth-order valence-corrected chi connectivity index (χ4v) is 3.07. The predicted molar refractivity (Wildman–Crippen MR) is 95.0 cm³/mol. The third-order valence-corrected chi connectivity index (χ3v) is 4.35. The van der Waals surface area contributed by atoms with Crippen LogP contribution in [0.25, 0.3) is 0 Å². The Kier molecular flexibility index (Phi) is 5.73. The second-order valence-electron chi connectivity index (χ2n) is 7.70. The average Bonchev–Trinajstić information content (AvgIpc) is 3.01. The maximum absolute atomic E-state index is 12.6. The number of rotatable bonds is 3. The Labute approximate surface area is 148 Å². The van der Waals surface area contributed by atoms with E-state index >= 15 is 0 Å². The Hall–Kier alpha value is -2.49. The lowest BCUT2D eigenvalue weighted by Crippen LogP contribution is -2.53. The van der Waals surface area contributed by atoms with Crippen LogP contribution in [0, 0.1) is 17.2 Å². The zero-order valence-electron chi connectivity index (χ0n) is 15.3. The van der Waals surface area contributed by atoms with Gasteiger partial charge in [-0.1, -0.05) is 0 Å². The molecule has 1 aliphatic heterocycles. The molecular weight excluding hydrogens is 318 g/mol. The van der Waals surface area contributed by atoms with E-state index in [-0.39, 0.29) is 29.4 Å². The van der Waals surface area contributed by atoms with Crippen LogP contribution >= 0.6 is 0 Å². The summed E-state index contributed by atoms with van der Waals surface area (Å²) in [6, 6.07) is 3.35. The van der Waals surface area contributed by atoms with Crippen molar-refractivity contribution in [2.24, 2.45) is 5.92 Å². The maximum atomic E-state index is 12.6. The van der Waals surface area contributed by atoms with Gasteiger partial charge in [-0.15, -0.1) is 0 Å². The van der Waals surface area contributed by atoms with Gasteiger partial charge in [0, 0.05) is 30.9 Å². The smallest absolute Gasteiger partial charge is 0.315 e. The minimum atomic E-state index is -0.287. The van der Waals surface area contributed by atoms with Gasteiger partial charge in [0.1, 0.15) is 11.8 Å². The molecule has 1 aromatic rings. The molecule has 3 amide bonds. The number of nitriles is 1. The quantitative estimate of drug-likeness (QED) is 0.783. The Morgan fingerprint density at radius 2 is 2.16 bits per heavy atom. The number of aromatic nitrogens is 1. The number of H-pyrrole nitrogens is 1. The topological polar surface area (TPSA) is 101 Å². The van der Waals surface area contributed by atoms with Gasteiger partial charge in [0.25, 0.3) is 5.91 Å². The highest BCUT2D eigenvalue weighted by Gasteiger charge is 2.29. The summed E-state index contributed by atoms with van der Waals surface area (Å²) in [5.74, 6) is 0.131. The van der Waals surface area contributed by atoms with Crippen LogP contribution in [0.5, 0.6) is 0 Å². The second kappa shape index (κ2) is 7.60. The molecule has 0 radical (unpaired) electrons. The summed E-state index contributed by atoms with van der Waals surface area (Å²) < 4.78 is 0. The molecule has 7 nitrogen and oxygen atoms in total. The monoisotopic (exact) mass is 345 g/mol. The molecule has 25 heavy (non-hydrogen) atoms. The fraction of sp³-hybridized carbons (Fsp3) is 0.611. The first kappa shape index (κ1) is 18.8. The summed E-state index contributed by atoms with van der Waals surface area (Å²) in [4.78, 5) is 29.2. The van der Waals surface area contributed by atoms with Crippen LogP contribution in [-0.4, -0.2) is 46.5 Å². The van der Waals surface area contributed by atoms with Gasteiger partial charge in [-0.05, 0) is 52.5 Å². The van der Waals surface area contributed by atoms with E-state index in [1.54, 1.807) is 17.2 Å². The van der Waals surface area contributed by atoms with Crippen molar-refractivity contribution in [3.8, 4) is 6.07 Å². The van der Waals surface area contributed by atoms with Crippen LogP contribution in [-0.2, 0) is 0 Å². The highest BCUT2D eigenvalue weighted by atomic mass is 16.2. The normalized spacial score (nSPS) is 19.0. The van der Waals surface area contributed by atoms with E-state index in [4.69, 9.17) is 5.26 Å². The Morgan fingerprint density at radius 3 is 2.76 bits per heavy atom. The lowest BCUT2D eigenvalue weighted by Gasteiger charge is -2.36. The number of carbonyl (C=O) groups excluding carboxylic acids is 2. The Morgan fingerprint density at radius 1 is 1.44 bits per heavy atom. The van der Waals surface area contributed by atoms with Crippen molar-refractivity contribution in [2.75, 3.05) is 13.1 Å². The summed E-state index contributed by atoms with van der Waals surface area (Å²) in [7, 11) is 0. The molecule has 0 aliphatic carbocycles. The molecule has 0 saturated carbocycles. The van der Waals surface area contributed by atoms with Crippen molar-refractivity contribution >= 4 is 11.9 Å². The number of hydrogen-bond acceptors (Lipinski definition) is 3.